The Hall–Kier alpha value is -2.68. The molecule has 9 heteroatoms. The second-order valence-corrected chi connectivity index (χ2v) is 14.6. The van der Waals surface area contributed by atoms with Gasteiger partial charge in [-0.2, -0.15) is 0 Å². The largest absolute Gasteiger partial charge is 0.469 e. The van der Waals surface area contributed by atoms with Gasteiger partial charge in [-0.3, -0.25) is 14.4 Å². The van der Waals surface area contributed by atoms with Crippen molar-refractivity contribution in [2.24, 2.45) is 28.6 Å². The van der Waals surface area contributed by atoms with Crippen LogP contribution >= 0.6 is 0 Å². The van der Waals surface area contributed by atoms with E-state index < -0.39 is 6.10 Å². The molecule has 0 radical (unpaired) electrons. The average molecular weight is 613 g/mol. The maximum absolute atomic E-state index is 12.7. The lowest BCUT2D eigenvalue weighted by molar-refractivity contribution is -0.168. The van der Waals surface area contributed by atoms with E-state index in [0.717, 1.165) is 76.2 Å². The lowest BCUT2D eigenvalue weighted by atomic mass is 9.44. The van der Waals surface area contributed by atoms with Crippen molar-refractivity contribution >= 4 is 17.9 Å². The minimum atomic E-state index is -0.405. The summed E-state index contributed by atoms with van der Waals surface area (Å²) in [5.74, 6) is 0.656. The minimum Gasteiger partial charge on any atom is -0.469 e. The molecule has 5 aliphatic rings. The number of methoxy groups -OCH3 is 1. The minimum absolute atomic E-state index is 0.0228. The molecule has 10 unspecified atom stereocenters. The van der Waals surface area contributed by atoms with Crippen LogP contribution in [0.5, 0.6) is 0 Å². The first-order chi connectivity index (χ1) is 21.0. The fraction of sp³-hybridized carbons (Fsp3) is 0.771. The van der Waals surface area contributed by atoms with Gasteiger partial charge in [0.05, 0.1) is 13.4 Å². The van der Waals surface area contributed by atoms with Crippen molar-refractivity contribution in [3.8, 4) is 0 Å². The van der Waals surface area contributed by atoms with Crippen LogP contribution in [0.1, 0.15) is 116 Å². The number of ether oxygens (including phenoxy) is 4. The summed E-state index contributed by atoms with van der Waals surface area (Å²) >= 11 is 0. The smallest absolute Gasteiger partial charge is 0.335 e. The van der Waals surface area contributed by atoms with Gasteiger partial charge in [0, 0.05) is 37.2 Å². The van der Waals surface area contributed by atoms with E-state index in [1.165, 1.54) is 20.1 Å². The van der Waals surface area contributed by atoms with Crippen molar-refractivity contribution < 1.29 is 37.7 Å². The van der Waals surface area contributed by atoms with Gasteiger partial charge in [-0.05, 0) is 92.6 Å². The van der Waals surface area contributed by atoms with Crippen LogP contribution in [0, 0.1) is 28.6 Å². The van der Waals surface area contributed by atoms with E-state index in [1.807, 2.05) is 6.07 Å². The zero-order chi connectivity index (χ0) is 31.3. The van der Waals surface area contributed by atoms with E-state index in [0.29, 0.717) is 30.6 Å². The van der Waals surface area contributed by atoms with Crippen molar-refractivity contribution in [3.05, 3.63) is 34.4 Å². The number of carbonyl (C=O) groups excluding carboxylic acids is 3. The normalized spacial score (nSPS) is 40.0. The Balaban J connectivity index is 1.10. The fourth-order valence-electron chi connectivity index (χ4n) is 10.4. The molecule has 0 bridgehead atoms. The molecule has 9 nitrogen and oxygen atoms in total. The molecule has 10 atom stereocenters. The van der Waals surface area contributed by atoms with Crippen molar-refractivity contribution in [1.82, 2.24) is 0 Å². The van der Waals surface area contributed by atoms with Crippen LogP contribution in [0.15, 0.2) is 27.6 Å². The SMILES string of the molecule is COC(=O)CCCCCCC(=O)OC1CCC2(C)C(CCC3C2CCC2(C)C(c4ccc(=O)oc4)C(OC(C)=O)C4OC342)C1. The van der Waals surface area contributed by atoms with Crippen LogP contribution in [0.4, 0.5) is 0 Å². The highest BCUT2D eigenvalue weighted by Crippen LogP contribution is 2.78. The van der Waals surface area contributed by atoms with E-state index in [-0.39, 0.29) is 58.1 Å². The highest BCUT2D eigenvalue weighted by molar-refractivity contribution is 5.69. The van der Waals surface area contributed by atoms with E-state index in [1.54, 1.807) is 6.26 Å². The highest BCUT2D eigenvalue weighted by atomic mass is 16.7. The third kappa shape index (κ3) is 5.21. The quantitative estimate of drug-likeness (QED) is 0.138. The Morgan fingerprint density at radius 1 is 0.909 bits per heavy atom. The van der Waals surface area contributed by atoms with Crippen molar-refractivity contribution in [2.45, 2.75) is 134 Å². The van der Waals surface area contributed by atoms with Crippen LogP contribution in [-0.2, 0) is 33.3 Å². The zero-order valence-corrected chi connectivity index (χ0v) is 26.6. The predicted octanol–water partition coefficient (Wildman–Crippen LogP) is 5.86. The van der Waals surface area contributed by atoms with E-state index >= 15 is 0 Å². The molecular formula is C35H48O9. The molecule has 2 heterocycles. The molecule has 242 valence electrons. The summed E-state index contributed by atoms with van der Waals surface area (Å²) in [6, 6.07) is 3.28. The monoisotopic (exact) mass is 612 g/mol. The van der Waals surface area contributed by atoms with Crippen molar-refractivity contribution in [2.75, 3.05) is 7.11 Å². The number of hydrogen-bond acceptors (Lipinski definition) is 9. The Bertz CT molecular complexity index is 1300. The number of rotatable bonds is 10. The van der Waals surface area contributed by atoms with E-state index in [9.17, 15) is 19.2 Å². The van der Waals surface area contributed by atoms with Gasteiger partial charge in [0.25, 0.3) is 0 Å². The molecule has 1 aliphatic heterocycles. The summed E-state index contributed by atoms with van der Waals surface area (Å²) in [6.07, 6.45) is 12.2. The molecule has 1 spiro atoms. The number of fused-ring (bicyclic) bond motifs is 3. The molecule has 4 aliphatic carbocycles. The molecule has 0 aromatic carbocycles. The van der Waals surface area contributed by atoms with Crippen molar-refractivity contribution in [1.29, 1.82) is 0 Å². The zero-order valence-electron chi connectivity index (χ0n) is 26.6. The van der Waals surface area contributed by atoms with Gasteiger partial charge in [-0.25, -0.2) is 4.79 Å². The number of epoxide rings is 1. The third-order valence-electron chi connectivity index (χ3n) is 12.5. The molecular weight excluding hydrogens is 564 g/mol. The maximum Gasteiger partial charge on any atom is 0.335 e. The molecule has 1 saturated heterocycles. The fourth-order valence-corrected chi connectivity index (χ4v) is 10.4. The lowest BCUT2D eigenvalue weighted by Crippen LogP contribution is -2.58. The first-order valence-electron chi connectivity index (χ1n) is 16.7. The second kappa shape index (κ2) is 11.9. The van der Waals surface area contributed by atoms with Crippen LogP contribution < -0.4 is 5.63 Å². The molecule has 0 amide bonds. The van der Waals surface area contributed by atoms with Gasteiger partial charge in [0.2, 0.25) is 0 Å². The molecule has 1 aromatic rings. The van der Waals surface area contributed by atoms with Gasteiger partial charge in [-0.1, -0.05) is 26.7 Å². The van der Waals surface area contributed by atoms with Crippen LogP contribution in [-0.4, -0.2) is 48.9 Å². The van der Waals surface area contributed by atoms with Gasteiger partial charge in [0.15, 0.2) is 0 Å². The summed E-state index contributed by atoms with van der Waals surface area (Å²) in [4.78, 5) is 47.9. The summed E-state index contributed by atoms with van der Waals surface area (Å²) in [5, 5.41) is 0. The van der Waals surface area contributed by atoms with Gasteiger partial charge < -0.3 is 23.4 Å². The maximum atomic E-state index is 12.7. The van der Waals surface area contributed by atoms with Crippen LogP contribution in [0.3, 0.4) is 0 Å². The molecule has 1 aromatic heterocycles. The second-order valence-electron chi connectivity index (χ2n) is 14.6. The Morgan fingerprint density at radius 3 is 2.34 bits per heavy atom. The molecule has 44 heavy (non-hydrogen) atoms. The van der Waals surface area contributed by atoms with Crippen LogP contribution in [0.25, 0.3) is 0 Å². The number of hydrogen-bond donors (Lipinski definition) is 0. The number of unbranched alkanes of at least 4 members (excludes halogenated alkanes) is 3. The Labute approximate surface area is 259 Å². The first kappa shape index (κ1) is 31.3. The lowest BCUT2D eigenvalue weighted by Gasteiger charge is -2.61. The average Bonchev–Trinajstić information content (AvgIpc) is 3.69. The van der Waals surface area contributed by atoms with Gasteiger partial charge >= 0.3 is 23.5 Å². The first-order valence-corrected chi connectivity index (χ1v) is 16.7. The summed E-state index contributed by atoms with van der Waals surface area (Å²) in [7, 11) is 1.40. The standard InChI is InChI=1S/C35H48O9/c1-21(36)42-31-30(22-11-14-28(38)41-20-22)34(3)18-16-25-26(35(34)32(31)44-35)13-12-23-19-24(15-17-33(23,25)2)43-29(39)10-8-6-5-7-9-27(37)40-4/h11,14,20,23-26,30-32H,5-10,12-13,15-19H2,1-4H3. The Kier molecular flexibility index (Phi) is 8.48. The molecule has 0 N–H and O–H groups in total. The van der Waals surface area contributed by atoms with Gasteiger partial charge in [-0.15, -0.1) is 0 Å². The van der Waals surface area contributed by atoms with Crippen molar-refractivity contribution in [3.63, 3.8) is 0 Å². The third-order valence-corrected chi connectivity index (χ3v) is 12.5. The number of carbonyl (C=O) groups is 3. The molecule has 4 saturated carbocycles. The Morgan fingerprint density at radius 2 is 1.66 bits per heavy atom. The topological polar surface area (TPSA) is 122 Å². The highest BCUT2D eigenvalue weighted by Gasteiger charge is 2.84. The summed E-state index contributed by atoms with van der Waals surface area (Å²) in [5.41, 5.74) is 0.0576. The molecule has 5 fully saturated rings. The number of esters is 3. The van der Waals surface area contributed by atoms with Crippen LogP contribution in [0.2, 0.25) is 0 Å². The summed E-state index contributed by atoms with van der Waals surface area (Å²) in [6.45, 7) is 6.21. The predicted molar refractivity (Wildman–Crippen MR) is 159 cm³/mol. The van der Waals surface area contributed by atoms with E-state index in [2.05, 4.69) is 18.6 Å². The molecule has 6 rings (SSSR count). The van der Waals surface area contributed by atoms with E-state index in [4.69, 9.17) is 18.6 Å². The summed E-state index contributed by atoms with van der Waals surface area (Å²) < 4.78 is 28.7. The van der Waals surface area contributed by atoms with Gasteiger partial charge in [0.1, 0.15) is 23.9 Å².